The van der Waals surface area contributed by atoms with Gasteiger partial charge in [-0.05, 0) is 49.0 Å². The monoisotopic (exact) mass is 263 g/mol. The Bertz CT molecular complexity index is 253. The van der Waals surface area contributed by atoms with Crippen LogP contribution in [0.5, 0.6) is 0 Å². The molecular formula is C13H26ClNO2. The number of nitrogens with two attached hydrogens (primary N) is 1. The Morgan fingerprint density at radius 2 is 1.82 bits per heavy atom. The van der Waals surface area contributed by atoms with Crippen molar-refractivity contribution in [3.05, 3.63) is 0 Å². The van der Waals surface area contributed by atoms with Crippen LogP contribution >= 0.6 is 12.4 Å². The highest BCUT2D eigenvalue weighted by Gasteiger charge is 2.39. The predicted octanol–water partition coefficient (Wildman–Crippen LogP) is 3.06. The van der Waals surface area contributed by atoms with Gasteiger partial charge in [-0.15, -0.1) is 12.4 Å². The van der Waals surface area contributed by atoms with Crippen LogP contribution in [0.1, 0.15) is 52.9 Å². The molecule has 0 spiro atoms. The number of halogens is 1. The number of hydrogen-bond donors (Lipinski definition) is 2. The molecule has 102 valence electrons. The molecule has 0 atom stereocenters. The SMILES string of the molecule is CC(C)(C)C1CCC(CN)(CC(=O)O)CC1.Cl. The summed E-state index contributed by atoms with van der Waals surface area (Å²) in [6.07, 6.45) is 4.41. The van der Waals surface area contributed by atoms with Crippen LogP contribution in [0.4, 0.5) is 0 Å². The Labute approximate surface area is 111 Å². The summed E-state index contributed by atoms with van der Waals surface area (Å²) in [7, 11) is 0. The van der Waals surface area contributed by atoms with Crippen molar-refractivity contribution in [1.29, 1.82) is 0 Å². The summed E-state index contributed by atoms with van der Waals surface area (Å²) in [6, 6.07) is 0. The Morgan fingerprint density at radius 3 is 2.12 bits per heavy atom. The van der Waals surface area contributed by atoms with Crippen LogP contribution in [-0.4, -0.2) is 17.6 Å². The number of carboxylic acid groups (broad SMARTS) is 1. The average molecular weight is 264 g/mol. The standard InChI is InChI=1S/C13H25NO2.ClH/c1-12(2,3)10-4-6-13(9-14,7-5-10)8-11(15)16;/h10H,4-9,14H2,1-3H3,(H,15,16);1H. The third-order valence-electron chi connectivity index (χ3n) is 4.23. The lowest BCUT2D eigenvalue weighted by molar-refractivity contribution is -0.140. The van der Waals surface area contributed by atoms with Crippen LogP contribution in [0.3, 0.4) is 0 Å². The first-order valence-electron chi connectivity index (χ1n) is 6.21. The first kappa shape index (κ1) is 16.7. The van der Waals surface area contributed by atoms with Crippen molar-refractivity contribution in [2.45, 2.75) is 52.9 Å². The van der Waals surface area contributed by atoms with E-state index in [1.54, 1.807) is 0 Å². The van der Waals surface area contributed by atoms with Gasteiger partial charge in [0.15, 0.2) is 0 Å². The molecule has 0 aliphatic heterocycles. The fourth-order valence-corrected chi connectivity index (χ4v) is 2.87. The quantitative estimate of drug-likeness (QED) is 0.823. The molecule has 17 heavy (non-hydrogen) atoms. The zero-order chi connectivity index (χ0) is 12.4. The van der Waals surface area contributed by atoms with Crippen LogP contribution in [0, 0.1) is 16.7 Å². The average Bonchev–Trinajstić information content (AvgIpc) is 2.16. The third-order valence-corrected chi connectivity index (χ3v) is 4.23. The first-order chi connectivity index (χ1) is 7.29. The van der Waals surface area contributed by atoms with E-state index in [1.165, 1.54) is 0 Å². The molecule has 3 N–H and O–H groups in total. The Balaban J connectivity index is 0.00000256. The topological polar surface area (TPSA) is 63.3 Å². The van der Waals surface area contributed by atoms with Crippen molar-refractivity contribution in [2.75, 3.05) is 6.54 Å². The van der Waals surface area contributed by atoms with Crippen LogP contribution < -0.4 is 5.73 Å². The van der Waals surface area contributed by atoms with Gasteiger partial charge in [0.25, 0.3) is 0 Å². The smallest absolute Gasteiger partial charge is 0.303 e. The summed E-state index contributed by atoms with van der Waals surface area (Å²) < 4.78 is 0. The molecule has 0 aromatic rings. The molecule has 1 aliphatic rings. The zero-order valence-corrected chi connectivity index (χ0v) is 12.0. The van der Waals surface area contributed by atoms with Crippen LogP contribution in [0.25, 0.3) is 0 Å². The molecule has 3 nitrogen and oxygen atoms in total. The van der Waals surface area contributed by atoms with Crippen molar-refractivity contribution < 1.29 is 9.90 Å². The molecular weight excluding hydrogens is 238 g/mol. The molecule has 0 aromatic carbocycles. The molecule has 1 aliphatic carbocycles. The highest BCUT2D eigenvalue weighted by atomic mass is 35.5. The Hall–Kier alpha value is -0.280. The molecule has 0 bridgehead atoms. The summed E-state index contributed by atoms with van der Waals surface area (Å²) >= 11 is 0. The molecule has 0 radical (unpaired) electrons. The number of carboxylic acids is 1. The van der Waals surface area contributed by atoms with Gasteiger partial charge in [-0.2, -0.15) is 0 Å². The second-order valence-corrected chi connectivity index (χ2v) is 6.41. The summed E-state index contributed by atoms with van der Waals surface area (Å²) in [4.78, 5) is 10.9. The molecule has 0 saturated heterocycles. The molecule has 1 rings (SSSR count). The van der Waals surface area contributed by atoms with E-state index in [9.17, 15) is 4.79 Å². The maximum absolute atomic E-state index is 10.9. The molecule has 0 aromatic heterocycles. The Morgan fingerprint density at radius 1 is 1.35 bits per heavy atom. The lowest BCUT2D eigenvalue weighted by Crippen LogP contribution is -2.39. The van der Waals surface area contributed by atoms with Gasteiger partial charge in [-0.1, -0.05) is 20.8 Å². The fourth-order valence-electron chi connectivity index (χ4n) is 2.87. The summed E-state index contributed by atoms with van der Waals surface area (Å²) in [5.41, 5.74) is 5.98. The van der Waals surface area contributed by atoms with E-state index in [2.05, 4.69) is 20.8 Å². The molecule has 0 amide bonds. The van der Waals surface area contributed by atoms with Gasteiger partial charge in [0.2, 0.25) is 0 Å². The largest absolute Gasteiger partial charge is 0.481 e. The van der Waals surface area contributed by atoms with E-state index in [-0.39, 0.29) is 24.2 Å². The van der Waals surface area contributed by atoms with Gasteiger partial charge in [-0.25, -0.2) is 0 Å². The Kier molecular flexibility index (Phi) is 5.95. The number of carbonyl (C=O) groups is 1. The number of rotatable bonds is 3. The van der Waals surface area contributed by atoms with Crippen molar-refractivity contribution in [1.82, 2.24) is 0 Å². The lowest BCUT2D eigenvalue weighted by atomic mass is 9.63. The van der Waals surface area contributed by atoms with Crippen LogP contribution in [0.15, 0.2) is 0 Å². The van der Waals surface area contributed by atoms with E-state index < -0.39 is 5.97 Å². The van der Waals surface area contributed by atoms with Gasteiger partial charge < -0.3 is 10.8 Å². The minimum atomic E-state index is -0.709. The van der Waals surface area contributed by atoms with Crippen molar-refractivity contribution >= 4 is 18.4 Å². The minimum Gasteiger partial charge on any atom is -0.481 e. The summed E-state index contributed by atoms with van der Waals surface area (Å²) in [6.45, 7) is 7.31. The number of hydrogen-bond acceptors (Lipinski definition) is 2. The van der Waals surface area contributed by atoms with E-state index in [0.717, 1.165) is 25.7 Å². The summed E-state index contributed by atoms with van der Waals surface area (Å²) in [5.74, 6) is 0.000582. The normalized spacial score (nSPS) is 29.5. The van der Waals surface area contributed by atoms with Gasteiger partial charge in [0, 0.05) is 0 Å². The van der Waals surface area contributed by atoms with Gasteiger partial charge >= 0.3 is 5.97 Å². The second-order valence-electron chi connectivity index (χ2n) is 6.41. The second kappa shape index (κ2) is 6.05. The molecule has 0 heterocycles. The van der Waals surface area contributed by atoms with E-state index in [0.29, 0.717) is 17.9 Å². The highest BCUT2D eigenvalue weighted by Crippen LogP contribution is 2.46. The third kappa shape index (κ3) is 4.47. The first-order valence-corrected chi connectivity index (χ1v) is 6.21. The zero-order valence-electron chi connectivity index (χ0n) is 11.2. The lowest BCUT2D eigenvalue weighted by Gasteiger charge is -2.43. The van der Waals surface area contributed by atoms with E-state index >= 15 is 0 Å². The van der Waals surface area contributed by atoms with Gasteiger partial charge in [0.05, 0.1) is 6.42 Å². The van der Waals surface area contributed by atoms with Crippen molar-refractivity contribution in [2.24, 2.45) is 22.5 Å². The molecule has 0 unspecified atom stereocenters. The van der Waals surface area contributed by atoms with Crippen LogP contribution in [0.2, 0.25) is 0 Å². The predicted molar refractivity (Wildman–Crippen MR) is 72.4 cm³/mol. The maximum atomic E-state index is 10.9. The maximum Gasteiger partial charge on any atom is 0.303 e. The van der Waals surface area contributed by atoms with E-state index in [4.69, 9.17) is 10.8 Å². The van der Waals surface area contributed by atoms with Crippen molar-refractivity contribution in [3.63, 3.8) is 0 Å². The molecule has 4 heteroatoms. The van der Waals surface area contributed by atoms with Gasteiger partial charge in [-0.3, -0.25) is 4.79 Å². The van der Waals surface area contributed by atoms with Gasteiger partial charge in [0.1, 0.15) is 0 Å². The fraction of sp³-hybridized carbons (Fsp3) is 0.923. The molecule has 1 fully saturated rings. The highest BCUT2D eigenvalue weighted by molar-refractivity contribution is 5.85. The van der Waals surface area contributed by atoms with Crippen molar-refractivity contribution in [3.8, 4) is 0 Å². The summed E-state index contributed by atoms with van der Waals surface area (Å²) in [5, 5.41) is 8.93. The van der Waals surface area contributed by atoms with E-state index in [1.807, 2.05) is 0 Å². The van der Waals surface area contributed by atoms with Crippen LogP contribution in [-0.2, 0) is 4.79 Å². The minimum absolute atomic E-state index is 0. The molecule has 1 saturated carbocycles. The number of aliphatic carboxylic acids is 1.